The first kappa shape index (κ1) is 11.4. The van der Waals surface area contributed by atoms with E-state index in [1.807, 2.05) is 6.07 Å². The number of hydrogen-bond donors (Lipinski definition) is 0. The van der Waals surface area contributed by atoms with E-state index in [0.29, 0.717) is 21.2 Å². The lowest BCUT2D eigenvalue weighted by molar-refractivity contribution is 0.101. The van der Waals surface area contributed by atoms with Crippen molar-refractivity contribution in [1.29, 1.82) is 5.26 Å². The average Bonchev–Trinajstić information content (AvgIpc) is 2.81. The molecule has 17 heavy (non-hydrogen) atoms. The minimum Gasteiger partial charge on any atom is -0.440 e. The van der Waals surface area contributed by atoms with E-state index < -0.39 is 0 Å². The van der Waals surface area contributed by atoms with Crippen molar-refractivity contribution < 1.29 is 9.21 Å². The predicted octanol–water partition coefficient (Wildman–Crippen LogP) is 2.90. The zero-order valence-corrected chi connectivity index (χ0v) is 9.82. The van der Waals surface area contributed by atoms with Gasteiger partial charge in [0.25, 0.3) is 5.22 Å². The Morgan fingerprint density at radius 2 is 2.35 bits per heavy atom. The van der Waals surface area contributed by atoms with Crippen LogP contribution >= 0.6 is 11.8 Å². The number of oxazole rings is 1. The van der Waals surface area contributed by atoms with Gasteiger partial charge in [-0.25, -0.2) is 4.98 Å². The molecule has 0 spiro atoms. The number of hydrogen-bond acceptors (Lipinski definition) is 5. The van der Waals surface area contributed by atoms with Crippen LogP contribution in [0.5, 0.6) is 0 Å². The van der Waals surface area contributed by atoms with Crippen molar-refractivity contribution >= 4 is 17.5 Å². The summed E-state index contributed by atoms with van der Waals surface area (Å²) in [6.45, 7) is 1.49. The minimum absolute atomic E-state index is 0.0523. The Kier molecular flexibility index (Phi) is 3.26. The van der Waals surface area contributed by atoms with Gasteiger partial charge < -0.3 is 4.42 Å². The third-order valence-electron chi connectivity index (χ3n) is 2.10. The lowest BCUT2D eigenvalue weighted by atomic mass is 10.1. The van der Waals surface area contributed by atoms with Crippen LogP contribution in [0.1, 0.15) is 22.8 Å². The molecule has 2 rings (SSSR count). The fraction of sp³-hybridized carbons (Fsp3) is 0.0833. The zero-order chi connectivity index (χ0) is 12.3. The number of Topliss-reactive ketones (excluding diaryl/α,β-unsaturated/α-hetero) is 1. The highest BCUT2D eigenvalue weighted by Crippen LogP contribution is 2.30. The summed E-state index contributed by atoms with van der Waals surface area (Å²) in [6, 6.07) is 6.96. The SMILES string of the molecule is CC(=O)c1ccc(C#N)cc1Sc1ncco1. The number of rotatable bonds is 3. The van der Waals surface area contributed by atoms with E-state index in [4.69, 9.17) is 9.68 Å². The predicted molar refractivity (Wildman–Crippen MR) is 61.8 cm³/mol. The Bertz CT molecular complexity index is 585. The van der Waals surface area contributed by atoms with Crippen molar-refractivity contribution in [2.75, 3.05) is 0 Å². The number of carbonyl (C=O) groups is 1. The van der Waals surface area contributed by atoms with Crippen molar-refractivity contribution in [3.63, 3.8) is 0 Å². The largest absolute Gasteiger partial charge is 0.440 e. The second-order valence-corrected chi connectivity index (χ2v) is 4.27. The molecule has 0 saturated carbocycles. The number of nitriles is 1. The monoisotopic (exact) mass is 244 g/mol. The van der Waals surface area contributed by atoms with Crippen molar-refractivity contribution in [2.24, 2.45) is 0 Å². The molecule has 84 valence electrons. The molecule has 1 aromatic heterocycles. The summed E-state index contributed by atoms with van der Waals surface area (Å²) >= 11 is 1.23. The summed E-state index contributed by atoms with van der Waals surface area (Å²) in [5.41, 5.74) is 1.07. The first-order valence-electron chi connectivity index (χ1n) is 4.83. The highest BCUT2D eigenvalue weighted by Gasteiger charge is 2.11. The summed E-state index contributed by atoms with van der Waals surface area (Å²) in [5, 5.41) is 9.28. The number of benzene rings is 1. The van der Waals surface area contributed by atoms with Crippen LogP contribution in [0.25, 0.3) is 0 Å². The van der Waals surface area contributed by atoms with Crippen LogP contribution in [-0.2, 0) is 0 Å². The van der Waals surface area contributed by atoms with Crippen molar-refractivity contribution in [2.45, 2.75) is 17.0 Å². The standard InChI is InChI=1S/C12H8N2O2S/c1-8(15)10-3-2-9(7-13)6-11(10)17-12-14-4-5-16-12/h2-6H,1H3. The van der Waals surface area contributed by atoms with Crippen LogP contribution in [0.2, 0.25) is 0 Å². The summed E-state index contributed by atoms with van der Waals surface area (Å²) in [6.07, 6.45) is 2.99. The maximum atomic E-state index is 11.4. The molecule has 0 radical (unpaired) electrons. The molecular formula is C12H8N2O2S. The van der Waals surface area contributed by atoms with Gasteiger partial charge in [-0.05, 0) is 36.9 Å². The summed E-state index contributed by atoms with van der Waals surface area (Å²) in [4.78, 5) is 16.1. The van der Waals surface area contributed by atoms with Crippen molar-refractivity contribution in [3.05, 3.63) is 41.8 Å². The Labute approximate surface area is 102 Å². The van der Waals surface area contributed by atoms with Crippen LogP contribution in [0.15, 0.2) is 45.2 Å². The lowest BCUT2D eigenvalue weighted by Gasteiger charge is -2.04. The molecular weight excluding hydrogens is 236 g/mol. The Morgan fingerprint density at radius 1 is 1.53 bits per heavy atom. The average molecular weight is 244 g/mol. The van der Waals surface area contributed by atoms with Gasteiger partial charge in [0.1, 0.15) is 6.26 Å². The Hall–Kier alpha value is -2.06. The normalized spacial score (nSPS) is 9.88. The van der Waals surface area contributed by atoms with E-state index >= 15 is 0 Å². The third-order valence-corrected chi connectivity index (χ3v) is 3.03. The van der Waals surface area contributed by atoms with E-state index in [2.05, 4.69) is 4.98 Å². The molecule has 2 aromatic rings. The van der Waals surface area contributed by atoms with Gasteiger partial charge in [-0.15, -0.1) is 0 Å². The molecule has 0 unspecified atom stereocenters. The maximum Gasteiger partial charge on any atom is 0.260 e. The minimum atomic E-state index is -0.0523. The molecule has 0 aliphatic carbocycles. The van der Waals surface area contributed by atoms with Crippen LogP contribution in [-0.4, -0.2) is 10.8 Å². The zero-order valence-electron chi connectivity index (χ0n) is 9.01. The first-order chi connectivity index (χ1) is 8.20. The highest BCUT2D eigenvalue weighted by molar-refractivity contribution is 7.99. The second-order valence-electron chi connectivity index (χ2n) is 3.28. The molecule has 0 fully saturated rings. The first-order valence-corrected chi connectivity index (χ1v) is 5.65. The summed E-state index contributed by atoms with van der Waals surface area (Å²) < 4.78 is 5.10. The van der Waals surface area contributed by atoms with Gasteiger partial charge in [0.15, 0.2) is 5.78 Å². The van der Waals surface area contributed by atoms with Gasteiger partial charge in [0.2, 0.25) is 0 Å². The molecule has 0 bridgehead atoms. The van der Waals surface area contributed by atoms with Crippen molar-refractivity contribution in [3.8, 4) is 6.07 Å². The second kappa shape index (κ2) is 4.85. The molecule has 0 amide bonds. The number of nitrogens with zero attached hydrogens (tertiary/aromatic N) is 2. The fourth-order valence-electron chi connectivity index (χ4n) is 1.32. The molecule has 0 saturated heterocycles. The summed E-state index contributed by atoms with van der Waals surface area (Å²) in [7, 11) is 0. The van der Waals surface area contributed by atoms with Gasteiger partial charge in [-0.1, -0.05) is 0 Å². The quantitative estimate of drug-likeness (QED) is 0.776. The lowest BCUT2D eigenvalue weighted by Crippen LogP contribution is -1.95. The van der Waals surface area contributed by atoms with Gasteiger partial charge in [0.05, 0.1) is 17.8 Å². The van der Waals surface area contributed by atoms with Gasteiger partial charge in [-0.3, -0.25) is 4.79 Å². The van der Waals surface area contributed by atoms with Crippen LogP contribution < -0.4 is 0 Å². The smallest absolute Gasteiger partial charge is 0.260 e. The molecule has 0 aliphatic heterocycles. The molecule has 4 nitrogen and oxygen atoms in total. The topological polar surface area (TPSA) is 66.9 Å². The van der Waals surface area contributed by atoms with Gasteiger partial charge in [-0.2, -0.15) is 5.26 Å². The van der Waals surface area contributed by atoms with Crippen LogP contribution in [0.3, 0.4) is 0 Å². The van der Waals surface area contributed by atoms with E-state index in [1.54, 1.807) is 18.2 Å². The number of ketones is 1. The molecule has 5 heteroatoms. The Balaban J connectivity index is 2.42. The van der Waals surface area contributed by atoms with Gasteiger partial charge in [0, 0.05) is 10.5 Å². The number of aromatic nitrogens is 1. The van der Waals surface area contributed by atoms with E-state index in [1.165, 1.54) is 31.1 Å². The fourth-order valence-corrected chi connectivity index (χ4v) is 2.23. The van der Waals surface area contributed by atoms with Crippen LogP contribution in [0.4, 0.5) is 0 Å². The summed E-state index contributed by atoms with van der Waals surface area (Å²) in [5.74, 6) is -0.0523. The highest BCUT2D eigenvalue weighted by atomic mass is 32.2. The van der Waals surface area contributed by atoms with E-state index in [0.717, 1.165) is 0 Å². The molecule has 1 aromatic carbocycles. The molecule has 0 N–H and O–H groups in total. The van der Waals surface area contributed by atoms with E-state index in [9.17, 15) is 4.79 Å². The Morgan fingerprint density at radius 3 is 2.94 bits per heavy atom. The third kappa shape index (κ3) is 2.55. The van der Waals surface area contributed by atoms with Crippen LogP contribution in [0, 0.1) is 11.3 Å². The number of carbonyl (C=O) groups excluding carboxylic acids is 1. The van der Waals surface area contributed by atoms with Gasteiger partial charge >= 0.3 is 0 Å². The van der Waals surface area contributed by atoms with Crippen molar-refractivity contribution in [1.82, 2.24) is 4.98 Å². The van der Waals surface area contributed by atoms with E-state index in [-0.39, 0.29) is 5.78 Å². The maximum absolute atomic E-state index is 11.4. The molecule has 0 atom stereocenters. The molecule has 1 heterocycles. The molecule has 0 aliphatic rings.